The van der Waals surface area contributed by atoms with Gasteiger partial charge < -0.3 is 9.84 Å². The summed E-state index contributed by atoms with van der Waals surface area (Å²) in [6, 6.07) is 2.56. The summed E-state index contributed by atoms with van der Waals surface area (Å²) in [6.07, 6.45) is 0. The van der Waals surface area contributed by atoms with Gasteiger partial charge in [-0.05, 0) is 24.6 Å². The molecule has 1 aliphatic rings. The molecule has 0 aromatic heterocycles. The third-order valence-corrected chi connectivity index (χ3v) is 4.78. The van der Waals surface area contributed by atoms with Gasteiger partial charge in [-0.25, -0.2) is 17.5 Å². The van der Waals surface area contributed by atoms with Crippen molar-refractivity contribution < 1.29 is 27.4 Å². The summed E-state index contributed by atoms with van der Waals surface area (Å²) in [5, 5.41) is 8.97. The van der Waals surface area contributed by atoms with Crippen LogP contribution in [0.15, 0.2) is 23.1 Å². The lowest BCUT2D eigenvalue weighted by molar-refractivity contribution is -0.142. The van der Waals surface area contributed by atoms with Crippen molar-refractivity contribution in [1.29, 1.82) is 0 Å². The number of hydrogen-bond donors (Lipinski definition) is 2. The summed E-state index contributed by atoms with van der Waals surface area (Å²) >= 11 is 0. The number of nitrogens with one attached hydrogen (secondary N) is 1. The highest BCUT2D eigenvalue weighted by Crippen LogP contribution is 2.20. The summed E-state index contributed by atoms with van der Waals surface area (Å²) in [5.74, 6) is -2.75. The maximum atomic E-state index is 13.2. The van der Waals surface area contributed by atoms with E-state index in [1.54, 1.807) is 0 Å². The molecule has 0 saturated carbocycles. The lowest BCUT2D eigenvalue weighted by Crippen LogP contribution is -2.42. The van der Waals surface area contributed by atoms with E-state index < -0.39 is 33.8 Å². The van der Waals surface area contributed by atoms with E-state index >= 15 is 0 Å². The molecule has 1 heterocycles. The molecule has 1 saturated heterocycles. The van der Waals surface area contributed by atoms with Gasteiger partial charge in [0.15, 0.2) is 0 Å². The lowest BCUT2D eigenvalue weighted by Gasteiger charge is -2.16. The van der Waals surface area contributed by atoms with E-state index in [2.05, 4.69) is 4.72 Å². The van der Waals surface area contributed by atoms with Crippen LogP contribution in [0.3, 0.4) is 0 Å². The van der Waals surface area contributed by atoms with Crippen molar-refractivity contribution in [3.8, 4) is 0 Å². The Hall–Kier alpha value is -1.51. The largest absolute Gasteiger partial charge is 0.481 e. The van der Waals surface area contributed by atoms with E-state index in [0.717, 1.165) is 12.1 Å². The molecule has 20 heavy (non-hydrogen) atoms. The van der Waals surface area contributed by atoms with Crippen LogP contribution < -0.4 is 4.72 Å². The zero-order valence-electron chi connectivity index (χ0n) is 10.7. The number of aliphatic carboxylic acids is 1. The van der Waals surface area contributed by atoms with Crippen LogP contribution in [0.5, 0.6) is 0 Å². The smallest absolute Gasteiger partial charge is 0.310 e. The molecule has 0 aliphatic carbocycles. The zero-order chi connectivity index (χ0) is 14.9. The van der Waals surface area contributed by atoms with Crippen LogP contribution in [0, 0.1) is 18.7 Å². The number of ether oxygens (including phenoxy) is 1. The van der Waals surface area contributed by atoms with Crippen molar-refractivity contribution in [2.75, 3.05) is 13.2 Å². The Balaban J connectivity index is 2.27. The number of carboxylic acid groups (broad SMARTS) is 1. The second-order valence-electron chi connectivity index (χ2n) is 4.62. The second kappa shape index (κ2) is 5.47. The van der Waals surface area contributed by atoms with Gasteiger partial charge in [0.1, 0.15) is 5.82 Å². The number of halogens is 1. The van der Waals surface area contributed by atoms with E-state index in [9.17, 15) is 17.6 Å². The minimum absolute atomic E-state index is 0.0233. The normalized spacial score (nSPS) is 22.9. The first-order valence-corrected chi connectivity index (χ1v) is 7.38. The molecule has 1 aromatic carbocycles. The molecule has 110 valence electrons. The molecule has 2 rings (SSSR count). The van der Waals surface area contributed by atoms with Crippen LogP contribution in [0.1, 0.15) is 5.56 Å². The van der Waals surface area contributed by atoms with Crippen molar-refractivity contribution in [2.45, 2.75) is 17.9 Å². The molecule has 1 aliphatic heterocycles. The summed E-state index contributed by atoms with van der Waals surface area (Å²) < 4.78 is 44.8. The lowest BCUT2D eigenvalue weighted by atomic mass is 10.1. The van der Waals surface area contributed by atoms with Gasteiger partial charge in [0.2, 0.25) is 10.0 Å². The topological polar surface area (TPSA) is 92.7 Å². The average Bonchev–Trinajstić information content (AvgIpc) is 2.79. The van der Waals surface area contributed by atoms with Crippen LogP contribution >= 0.6 is 0 Å². The van der Waals surface area contributed by atoms with Gasteiger partial charge in [0.05, 0.1) is 30.1 Å². The van der Waals surface area contributed by atoms with Crippen LogP contribution in [0.25, 0.3) is 0 Å². The number of rotatable bonds is 4. The summed E-state index contributed by atoms with van der Waals surface area (Å²) in [6.45, 7) is 1.46. The van der Waals surface area contributed by atoms with Gasteiger partial charge in [-0.2, -0.15) is 0 Å². The maximum absolute atomic E-state index is 13.2. The molecule has 0 amide bonds. The Kier molecular flexibility index (Phi) is 4.07. The molecule has 1 aromatic rings. The number of benzene rings is 1. The van der Waals surface area contributed by atoms with Crippen LogP contribution in [-0.4, -0.2) is 38.7 Å². The predicted molar refractivity (Wildman–Crippen MR) is 67.2 cm³/mol. The summed E-state index contributed by atoms with van der Waals surface area (Å²) in [7, 11) is -4.00. The van der Waals surface area contributed by atoms with Crippen LogP contribution in [-0.2, 0) is 19.6 Å². The monoisotopic (exact) mass is 303 g/mol. The number of hydrogen-bond acceptors (Lipinski definition) is 4. The standard InChI is InChI=1S/C12H14FNO5S/c1-7-2-3-8(13)4-11(7)20(17,18)14-10-6-19-5-9(10)12(15)16/h2-4,9-10,14H,5-6H2,1H3,(H,15,16). The Morgan fingerprint density at radius 1 is 1.45 bits per heavy atom. The summed E-state index contributed by atoms with van der Waals surface area (Å²) in [5.41, 5.74) is 0.379. The van der Waals surface area contributed by atoms with Gasteiger partial charge in [-0.3, -0.25) is 4.79 Å². The SMILES string of the molecule is Cc1ccc(F)cc1S(=O)(=O)NC1COCC1C(=O)O. The number of sulfonamides is 1. The fraction of sp³-hybridized carbons (Fsp3) is 0.417. The quantitative estimate of drug-likeness (QED) is 0.845. The van der Waals surface area contributed by atoms with Crippen LogP contribution in [0.4, 0.5) is 4.39 Å². The maximum Gasteiger partial charge on any atom is 0.310 e. The molecular formula is C12H14FNO5S. The molecule has 0 radical (unpaired) electrons. The van der Waals surface area contributed by atoms with Crippen molar-refractivity contribution in [2.24, 2.45) is 5.92 Å². The van der Waals surface area contributed by atoms with Crippen molar-refractivity contribution >= 4 is 16.0 Å². The van der Waals surface area contributed by atoms with Crippen molar-refractivity contribution in [3.05, 3.63) is 29.6 Å². The molecule has 2 atom stereocenters. The Labute approximate surface area is 115 Å². The van der Waals surface area contributed by atoms with E-state index in [-0.39, 0.29) is 18.1 Å². The molecule has 8 heteroatoms. The van der Waals surface area contributed by atoms with Gasteiger partial charge in [-0.1, -0.05) is 6.07 Å². The third kappa shape index (κ3) is 2.97. The molecule has 2 N–H and O–H groups in total. The fourth-order valence-corrected chi connectivity index (χ4v) is 3.56. The van der Waals surface area contributed by atoms with Gasteiger partial charge in [0, 0.05) is 0 Å². The van der Waals surface area contributed by atoms with Crippen molar-refractivity contribution in [3.63, 3.8) is 0 Å². The van der Waals surface area contributed by atoms with Gasteiger partial charge in [-0.15, -0.1) is 0 Å². The summed E-state index contributed by atoms with van der Waals surface area (Å²) in [4.78, 5) is 10.8. The molecule has 2 unspecified atom stereocenters. The Bertz CT molecular complexity index is 631. The van der Waals surface area contributed by atoms with Gasteiger partial charge in [0.25, 0.3) is 0 Å². The highest BCUT2D eigenvalue weighted by molar-refractivity contribution is 7.89. The number of carboxylic acids is 1. The highest BCUT2D eigenvalue weighted by Gasteiger charge is 2.37. The highest BCUT2D eigenvalue weighted by atomic mass is 32.2. The first-order chi connectivity index (χ1) is 9.31. The van der Waals surface area contributed by atoms with E-state index in [1.807, 2.05) is 0 Å². The molecular weight excluding hydrogens is 289 g/mol. The zero-order valence-corrected chi connectivity index (χ0v) is 11.5. The molecule has 6 nitrogen and oxygen atoms in total. The second-order valence-corrected chi connectivity index (χ2v) is 6.30. The van der Waals surface area contributed by atoms with Crippen LogP contribution in [0.2, 0.25) is 0 Å². The van der Waals surface area contributed by atoms with E-state index in [1.165, 1.54) is 13.0 Å². The average molecular weight is 303 g/mol. The third-order valence-electron chi connectivity index (χ3n) is 3.14. The minimum atomic E-state index is -4.00. The van der Waals surface area contributed by atoms with E-state index in [4.69, 9.17) is 9.84 Å². The molecule has 1 fully saturated rings. The Morgan fingerprint density at radius 3 is 2.80 bits per heavy atom. The molecule has 0 spiro atoms. The number of carbonyl (C=O) groups is 1. The Morgan fingerprint density at radius 2 is 2.15 bits per heavy atom. The number of aryl methyl sites for hydroxylation is 1. The first kappa shape index (κ1) is 14.9. The van der Waals surface area contributed by atoms with Crippen molar-refractivity contribution in [1.82, 2.24) is 4.72 Å². The first-order valence-electron chi connectivity index (χ1n) is 5.90. The minimum Gasteiger partial charge on any atom is -0.481 e. The van der Waals surface area contributed by atoms with E-state index in [0.29, 0.717) is 5.56 Å². The van der Waals surface area contributed by atoms with Gasteiger partial charge >= 0.3 is 5.97 Å². The predicted octanol–water partition coefficient (Wildman–Crippen LogP) is 0.512. The molecule has 0 bridgehead atoms. The fourth-order valence-electron chi connectivity index (χ4n) is 2.04.